The number of amides is 2. The number of aromatic nitrogens is 1. The van der Waals surface area contributed by atoms with Gasteiger partial charge < -0.3 is 20.2 Å². The molecule has 0 bridgehead atoms. The molecule has 0 spiro atoms. The second-order valence-corrected chi connectivity index (χ2v) is 5.08. The fourth-order valence-corrected chi connectivity index (χ4v) is 2.30. The molecule has 0 aliphatic heterocycles. The van der Waals surface area contributed by atoms with E-state index in [1.807, 2.05) is 6.92 Å². The Bertz CT molecular complexity index is 950. The maximum absolute atomic E-state index is 13.5. The van der Waals surface area contributed by atoms with Crippen molar-refractivity contribution in [1.29, 1.82) is 0 Å². The lowest BCUT2D eigenvalue weighted by Gasteiger charge is -2.06. The van der Waals surface area contributed by atoms with Crippen molar-refractivity contribution in [2.45, 2.75) is 6.92 Å². The van der Waals surface area contributed by atoms with Gasteiger partial charge in [0.25, 0.3) is 11.8 Å². The fraction of sp³-hybridized carbons (Fsp3) is 0.118. The lowest BCUT2D eigenvalue weighted by molar-refractivity contribution is 0.0977. The van der Waals surface area contributed by atoms with Crippen LogP contribution in [-0.4, -0.2) is 23.4 Å². The van der Waals surface area contributed by atoms with E-state index in [4.69, 9.17) is 14.9 Å². The number of primary amides is 1. The Morgan fingerprint density at radius 2 is 2.12 bits per heavy atom. The molecule has 1 aromatic carbocycles. The largest absolute Gasteiger partial charge is 0.478 e. The summed E-state index contributed by atoms with van der Waals surface area (Å²) in [6.07, 6.45) is 1.33. The highest BCUT2D eigenvalue weighted by atomic mass is 19.1. The summed E-state index contributed by atoms with van der Waals surface area (Å²) in [5.74, 6) is -1.84. The highest BCUT2D eigenvalue weighted by Gasteiger charge is 2.21. The molecule has 0 saturated carbocycles. The van der Waals surface area contributed by atoms with Gasteiger partial charge in [-0.3, -0.25) is 9.59 Å². The quantitative estimate of drug-likeness (QED) is 0.740. The van der Waals surface area contributed by atoms with Crippen LogP contribution in [0.2, 0.25) is 0 Å². The smallest absolute Gasteiger partial charge is 0.286 e. The molecular formula is C17H14FN3O4. The van der Waals surface area contributed by atoms with Crippen LogP contribution in [0.4, 0.5) is 10.1 Å². The van der Waals surface area contributed by atoms with Crippen molar-refractivity contribution in [2.24, 2.45) is 5.73 Å². The third-order valence-electron chi connectivity index (χ3n) is 3.40. The van der Waals surface area contributed by atoms with E-state index in [1.165, 1.54) is 24.4 Å². The van der Waals surface area contributed by atoms with Crippen LogP contribution in [0, 0.1) is 5.82 Å². The number of hydrogen-bond donors (Lipinski definition) is 2. The first kappa shape index (κ1) is 16.4. The number of ether oxygens (including phenoxy) is 1. The number of benzene rings is 1. The van der Waals surface area contributed by atoms with Crippen molar-refractivity contribution in [2.75, 3.05) is 11.9 Å². The molecule has 0 unspecified atom stereocenters. The fourth-order valence-electron chi connectivity index (χ4n) is 2.30. The van der Waals surface area contributed by atoms with E-state index in [2.05, 4.69) is 10.3 Å². The lowest BCUT2D eigenvalue weighted by Crippen LogP contribution is -2.17. The molecule has 7 nitrogen and oxygen atoms in total. The molecule has 0 fully saturated rings. The first-order valence-electron chi connectivity index (χ1n) is 7.41. The number of halogens is 1. The zero-order valence-corrected chi connectivity index (χ0v) is 13.2. The summed E-state index contributed by atoms with van der Waals surface area (Å²) in [5, 5.41) is 2.77. The molecule has 25 heavy (non-hydrogen) atoms. The third kappa shape index (κ3) is 3.27. The van der Waals surface area contributed by atoms with Gasteiger partial charge in [0.2, 0.25) is 11.6 Å². The first-order chi connectivity index (χ1) is 12.0. The Labute approximate surface area is 141 Å². The number of fused-ring (bicyclic) bond motifs is 1. The Morgan fingerprint density at radius 1 is 1.32 bits per heavy atom. The lowest BCUT2D eigenvalue weighted by atomic mass is 10.2. The summed E-state index contributed by atoms with van der Waals surface area (Å²) < 4.78 is 24.0. The Hall–Kier alpha value is -3.42. The van der Waals surface area contributed by atoms with Gasteiger partial charge in [0.15, 0.2) is 0 Å². The van der Waals surface area contributed by atoms with Crippen molar-refractivity contribution < 1.29 is 23.1 Å². The van der Waals surface area contributed by atoms with Crippen molar-refractivity contribution in [3.05, 3.63) is 53.7 Å². The van der Waals surface area contributed by atoms with Gasteiger partial charge in [0.05, 0.1) is 12.2 Å². The van der Waals surface area contributed by atoms with E-state index in [1.54, 1.807) is 6.07 Å². The Morgan fingerprint density at radius 3 is 2.76 bits per heavy atom. The zero-order valence-electron chi connectivity index (χ0n) is 13.2. The molecular weight excluding hydrogens is 329 g/mol. The number of rotatable bonds is 5. The van der Waals surface area contributed by atoms with E-state index in [-0.39, 0.29) is 28.0 Å². The van der Waals surface area contributed by atoms with Gasteiger partial charge in [0, 0.05) is 17.6 Å². The molecule has 0 radical (unpaired) electrons. The summed E-state index contributed by atoms with van der Waals surface area (Å²) in [4.78, 5) is 28.0. The predicted octanol–water partition coefficient (Wildman–Crippen LogP) is 2.72. The summed E-state index contributed by atoms with van der Waals surface area (Å²) in [6, 6.07) is 6.74. The molecule has 3 aromatic rings. The van der Waals surface area contributed by atoms with E-state index < -0.39 is 17.6 Å². The normalized spacial score (nSPS) is 10.6. The molecule has 2 aromatic heterocycles. The number of nitrogens with one attached hydrogen (secondary N) is 1. The molecule has 0 aliphatic carbocycles. The molecule has 128 valence electrons. The summed E-state index contributed by atoms with van der Waals surface area (Å²) >= 11 is 0. The number of anilines is 1. The van der Waals surface area contributed by atoms with E-state index in [0.29, 0.717) is 12.5 Å². The number of nitrogens with zero attached hydrogens (tertiary/aromatic N) is 1. The molecule has 2 heterocycles. The van der Waals surface area contributed by atoms with E-state index in [9.17, 15) is 14.0 Å². The number of pyridine rings is 1. The summed E-state index contributed by atoms with van der Waals surface area (Å²) in [6.45, 7) is 2.27. The summed E-state index contributed by atoms with van der Waals surface area (Å²) in [5.41, 5.74) is 5.75. The average molecular weight is 343 g/mol. The highest BCUT2D eigenvalue weighted by molar-refractivity contribution is 6.14. The van der Waals surface area contributed by atoms with Crippen LogP contribution >= 0.6 is 0 Å². The molecule has 2 amide bonds. The van der Waals surface area contributed by atoms with Crippen molar-refractivity contribution >= 4 is 28.5 Å². The molecule has 0 atom stereocenters. The van der Waals surface area contributed by atoms with Crippen LogP contribution in [-0.2, 0) is 0 Å². The van der Waals surface area contributed by atoms with Gasteiger partial charge >= 0.3 is 0 Å². The monoisotopic (exact) mass is 343 g/mol. The molecule has 0 aliphatic rings. The SMILES string of the molecule is CCOc1ccc(C(=O)Nc2c(C(N)=O)oc3ccc(F)cc23)cn1. The van der Waals surface area contributed by atoms with Gasteiger partial charge in [0.1, 0.15) is 17.1 Å². The molecule has 0 saturated heterocycles. The van der Waals surface area contributed by atoms with E-state index in [0.717, 1.165) is 6.07 Å². The molecule has 3 rings (SSSR count). The number of carbonyl (C=O) groups excluding carboxylic acids is 2. The molecule has 8 heteroatoms. The Balaban J connectivity index is 1.96. The maximum atomic E-state index is 13.5. The van der Waals surface area contributed by atoms with Crippen LogP contribution in [0.3, 0.4) is 0 Å². The van der Waals surface area contributed by atoms with Gasteiger partial charge in [-0.15, -0.1) is 0 Å². The highest BCUT2D eigenvalue weighted by Crippen LogP contribution is 2.31. The van der Waals surface area contributed by atoms with Crippen LogP contribution in [0.15, 0.2) is 40.9 Å². The average Bonchev–Trinajstić information content (AvgIpc) is 2.94. The molecule has 3 N–H and O–H groups in total. The predicted molar refractivity (Wildman–Crippen MR) is 88.0 cm³/mol. The minimum Gasteiger partial charge on any atom is -0.478 e. The van der Waals surface area contributed by atoms with E-state index >= 15 is 0 Å². The van der Waals surface area contributed by atoms with Crippen LogP contribution in [0.25, 0.3) is 11.0 Å². The van der Waals surface area contributed by atoms with Crippen molar-refractivity contribution in [3.8, 4) is 5.88 Å². The van der Waals surface area contributed by atoms with Gasteiger partial charge in [-0.1, -0.05) is 0 Å². The minimum atomic E-state index is -0.878. The van der Waals surface area contributed by atoms with Gasteiger partial charge in [-0.25, -0.2) is 9.37 Å². The third-order valence-corrected chi connectivity index (χ3v) is 3.40. The van der Waals surface area contributed by atoms with Crippen molar-refractivity contribution in [3.63, 3.8) is 0 Å². The topological polar surface area (TPSA) is 107 Å². The van der Waals surface area contributed by atoms with Gasteiger partial charge in [-0.2, -0.15) is 0 Å². The zero-order chi connectivity index (χ0) is 18.0. The maximum Gasteiger partial charge on any atom is 0.286 e. The minimum absolute atomic E-state index is 0.0147. The number of nitrogens with two attached hydrogens (primary N) is 1. The second-order valence-electron chi connectivity index (χ2n) is 5.08. The number of carbonyl (C=O) groups is 2. The van der Waals surface area contributed by atoms with Crippen LogP contribution < -0.4 is 15.8 Å². The standard InChI is InChI=1S/C17H14FN3O4/c1-2-24-13-6-3-9(8-20-13)17(23)21-14-11-7-10(18)4-5-12(11)25-15(14)16(19)22/h3-8H,2H2,1H3,(H2,19,22)(H,21,23). The Kier molecular flexibility index (Phi) is 4.34. The van der Waals surface area contributed by atoms with Gasteiger partial charge in [-0.05, 0) is 31.2 Å². The number of hydrogen-bond acceptors (Lipinski definition) is 5. The van der Waals surface area contributed by atoms with Crippen molar-refractivity contribution in [1.82, 2.24) is 4.98 Å². The number of furan rings is 1. The van der Waals surface area contributed by atoms with Crippen LogP contribution in [0.5, 0.6) is 5.88 Å². The summed E-state index contributed by atoms with van der Waals surface area (Å²) in [7, 11) is 0. The second kappa shape index (κ2) is 6.60. The first-order valence-corrected chi connectivity index (χ1v) is 7.41. The van der Waals surface area contributed by atoms with Crippen LogP contribution in [0.1, 0.15) is 27.8 Å².